The Morgan fingerprint density at radius 1 is 1.26 bits per heavy atom. The molecule has 0 radical (unpaired) electrons. The van der Waals surface area contributed by atoms with Crippen LogP contribution in [0.3, 0.4) is 0 Å². The van der Waals surface area contributed by atoms with Crippen LogP contribution >= 0.6 is 0 Å². The van der Waals surface area contributed by atoms with Crippen LogP contribution in [-0.2, 0) is 6.42 Å². The summed E-state index contributed by atoms with van der Waals surface area (Å²) < 4.78 is 0. The van der Waals surface area contributed by atoms with Crippen LogP contribution in [0.25, 0.3) is 0 Å². The molecule has 1 aromatic heterocycles. The van der Waals surface area contributed by atoms with Crippen LogP contribution in [0.15, 0.2) is 30.6 Å². The van der Waals surface area contributed by atoms with Crippen LogP contribution in [0, 0.1) is 0 Å². The molecule has 0 aliphatic carbocycles. The van der Waals surface area contributed by atoms with Crippen molar-refractivity contribution in [2.24, 2.45) is 0 Å². The predicted octanol–water partition coefficient (Wildman–Crippen LogP) is 2.29. The van der Waals surface area contributed by atoms with Crippen molar-refractivity contribution < 1.29 is 14.7 Å². The molecule has 0 aliphatic heterocycles. The molecule has 0 atom stereocenters. The van der Waals surface area contributed by atoms with E-state index in [2.05, 4.69) is 16.9 Å². The van der Waals surface area contributed by atoms with Gasteiger partial charge in [0.25, 0.3) is 0 Å². The van der Waals surface area contributed by atoms with Gasteiger partial charge in [0, 0.05) is 5.56 Å². The summed E-state index contributed by atoms with van der Waals surface area (Å²) in [7, 11) is 0. The zero-order chi connectivity index (χ0) is 13.8. The van der Waals surface area contributed by atoms with Gasteiger partial charge in [-0.1, -0.05) is 37.6 Å². The van der Waals surface area contributed by atoms with Crippen molar-refractivity contribution in [2.75, 3.05) is 0 Å². The number of rotatable bonds is 5. The van der Waals surface area contributed by atoms with Crippen LogP contribution in [0.2, 0.25) is 0 Å². The molecule has 0 aliphatic rings. The molecule has 1 aromatic carbocycles. The monoisotopic (exact) mass is 258 g/mol. The third kappa shape index (κ3) is 2.70. The van der Waals surface area contributed by atoms with Gasteiger partial charge in [0.2, 0.25) is 5.78 Å². The summed E-state index contributed by atoms with van der Waals surface area (Å²) in [6.07, 6.45) is 3.20. The lowest BCUT2D eigenvalue weighted by molar-refractivity contribution is 0.0687. The van der Waals surface area contributed by atoms with E-state index in [1.165, 1.54) is 6.33 Å². The Labute approximate surface area is 110 Å². The summed E-state index contributed by atoms with van der Waals surface area (Å²) in [6, 6.07) is 7.16. The van der Waals surface area contributed by atoms with Gasteiger partial charge in [-0.25, -0.2) is 9.78 Å². The summed E-state index contributed by atoms with van der Waals surface area (Å²) in [5, 5.41) is 8.94. The second-order valence-electron chi connectivity index (χ2n) is 4.21. The SMILES string of the molecule is CCCc1ccc(C(=O)c2nc[nH]c2C(=O)O)cc1. The number of hydrogen-bond acceptors (Lipinski definition) is 3. The topological polar surface area (TPSA) is 83.0 Å². The first-order valence-corrected chi connectivity index (χ1v) is 6.03. The molecule has 0 bridgehead atoms. The van der Waals surface area contributed by atoms with E-state index in [0.29, 0.717) is 5.56 Å². The van der Waals surface area contributed by atoms with Crippen molar-refractivity contribution in [3.05, 3.63) is 53.1 Å². The van der Waals surface area contributed by atoms with E-state index in [1.54, 1.807) is 12.1 Å². The van der Waals surface area contributed by atoms with Crippen LogP contribution in [0.1, 0.15) is 45.4 Å². The molecule has 2 N–H and O–H groups in total. The number of aromatic nitrogens is 2. The predicted molar refractivity (Wildman–Crippen MR) is 69.4 cm³/mol. The minimum absolute atomic E-state index is 0.0595. The van der Waals surface area contributed by atoms with Gasteiger partial charge < -0.3 is 10.1 Å². The molecular formula is C14H14N2O3. The first kappa shape index (κ1) is 13.0. The molecule has 0 amide bonds. The summed E-state index contributed by atoms with van der Waals surface area (Å²) >= 11 is 0. The zero-order valence-corrected chi connectivity index (χ0v) is 10.5. The van der Waals surface area contributed by atoms with E-state index in [9.17, 15) is 9.59 Å². The zero-order valence-electron chi connectivity index (χ0n) is 10.5. The van der Waals surface area contributed by atoms with E-state index >= 15 is 0 Å². The maximum atomic E-state index is 12.2. The van der Waals surface area contributed by atoms with E-state index in [-0.39, 0.29) is 17.2 Å². The number of H-pyrrole nitrogens is 1. The fourth-order valence-electron chi connectivity index (χ4n) is 1.88. The number of carbonyl (C=O) groups excluding carboxylic acids is 1. The summed E-state index contributed by atoms with van der Waals surface area (Å²) in [4.78, 5) is 29.3. The Morgan fingerprint density at radius 3 is 2.53 bits per heavy atom. The van der Waals surface area contributed by atoms with Gasteiger partial charge in [-0.05, 0) is 12.0 Å². The van der Waals surface area contributed by atoms with Gasteiger partial charge in [0.1, 0.15) is 5.69 Å². The fraction of sp³-hybridized carbons (Fsp3) is 0.214. The number of aromatic carboxylic acids is 1. The lowest BCUT2D eigenvalue weighted by Crippen LogP contribution is -2.09. The van der Waals surface area contributed by atoms with Crippen molar-refractivity contribution in [3.63, 3.8) is 0 Å². The molecule has 5 heteroatoms. The number of aryl methyl sites for hydroxylation is 1. The minimum Gasteiger partial charge on any atom is -0.477 e. The second kappa shape index (κ2) is 5.48. The highest BCUT2D eigenvalue weighted by Crippen LogP contribution is 2.13. The Kier molecular flexibility index (Phi) is 3.75. The molecule has 19 heavy (non-hydrogen) atoms. The number of aromatic amines is 1. The molecule has 2 rings (SSSR count). The van der Waals surface area contributed by atoms with Crippen molar-refractivity contribution in [3.8, 4) is 0 Å². The van der Waals surface area contributed by atoms with Crippen molar-refractivity contribution in [1.29, 1.82) is 0 Å². The molecular weight excluding hydrogens is 244 g/mol. The fourth-order valence-corrected chi connectivity index (χ4v) is 1.88. The quantitative estimate of drug-likeness (QED) is 0.806. The van der Waals surface area contributed by atoms with E-state index < -0.39 is 5.97 Å². The maximum Gasteiger partial charge on any atom is 0.354 e. The Morgan fingerprint density at radius 2 is 1.95 bits per heavy atom. The van der Waals surface area contributed by atoms with Crippen LogP contribution in [-0.4, -0.2) is 26.8 Å². The number of ketones is 1. The number of nitrogens with one attached hydrogen (secondary N) is 1. The number of carbonyl (C=O) groups is 2. The molecule has 2 aromatic rings. The highest BCUT2D eigenvalue weighted by molar-refractivity contribution is 6.12. The van der Waals surface area contributed by atoms with Gasteiger partial charge >= 0.3 is 5.97 Å². The third-order valence-corrected chi connectivity index (χ3v) is 2.82. The summed E-state index contributed by atoms with van der Waals surface area (Å²) in [5.74, 6) is -1.58. The number of benzene rings is 1. The van der Waals surface area contributed by atoms with E-state index in [1.807, 2.05) is 12.1 Å². The average molecular weight is 258 g/mol. The number of carboxylic acid groups (broad SMARTS) is 1. The largest absolute Gasteiger partial charge is 0.477 e. The highest BCUT2D eigenvalue weighted by atomic mass is 16.4. The molecule has 0 fully saturated rings. The Bertz CT molecular complexity index is 599. The van der Waals surface area contributed by atoms with Crippen molar-refractivity contribution in [2.45, 2.75) is 19.8 Å². The summed E-state index contributed by atoms with van der Waals surface area (Å²) in [5.41, 5.74) is 1.35. The Hall–Kier alpha value is -2.43. The van der Waals surface area contributed by atoms with Crippen LogP contribution < -0.4 is 0 Å². The molecule has 98 valence electrons. The number of hydrogen-bond donors (Lipinski definition) is 2. The van der Waals surface area contributed by atoms with Gasteiger partial charge in [-0.2, -0.15) is 0 Å². The van der Waals surface area contributed by atoms with Gasteiger partial charge in [0.05, 0.1) is 6.33 Å². The van der Waals surface area contributed by atoms with Crippen LogP contribution in [0.5, 0.6) is 0 Å². The second-order valence-corrected chi connectivity index (χ2v) is 4.21. The lowest BCUT2D eigenvalue weighted by atomic mass is 10.0. The summed E-state index contributed by atoms with van der Waals surface area (Å²) in [6.45, 7) is 2.09. The molecule has 0 spiro atoms. The molecule has 0 unspecified atom stereocenters. The molecule has 5 nitrogen and oxygen atoms in total. The molecule has 0 saturated heterocycles. The molecule has 0 saturated carbocycles. The van der Waals surface area contributed by atoms with Crippen LogP contribution in [0.4, 0.5) is 0 Å². The van der Waals surface area contributed by atoms with Gasteiger partial charge in [-0.3, -0.25) is 4.79 Å². The van der Waals surface area contributed by atoms with Crippen molar-refractivity contribution in [1.82, 2.24) is 9.97 Å². The average Bonchev–Trinajstić information content (AvgIpc) is 2.88. The number of nitrogens with zero attached hydrogens (tertiary/aromatic N) is 1. The maximum absolute atomic E-state index is 12.2. The van der Waals surface area contributed by atoms with E-state index in [0.717, 1.165) is 18.4 Å². The normalized spacial score (nSPS) is 10.4. The lowest BCUT2D eigenvalue weighted by Gasteiger charge is -2.02. The van der Waals surface area contributed by atoms with Gasteiger partial charge in [0.15, 0.2) is 5.69 Å². The number of carboxylic acids is 1. The van der Waals surface area contributed by atoms with E-state index in [4.69, 9.17) is 5.11 Å². The standard InChI is InChI=1S/C14H14N2O3/c1-2-3-9-4-6-10(7-5-9)13(17)11-12(14(18)19)16-8-15-11/h4-8H,2-3H2,1H3,(H,15,16)(H,18,19). The highest BCUT2D eigenvalue weighted by Gasteiger charge is 2.20. The molecule has 1 heterocycles. The first-order valence-electron chi connectivity index (χ1n) is 6.03. The first-order chi connectivity index (χ1) is 9.13. The number of imidazole rings is 1. The smallest absolute Gasteiger partial charge is 0.354 e. The third-order valence-electron chi connectivity index (χ3n) is 2.82. The Balaban J connectivity index is 2.28. The van der Waals surface area contributed by atoms with Crippen molar-refractivity contribution >= 4 is 11.8 Å². The van der Waals surface area contributed by atoms with Gasteiger partial charge in [-0.15, -0.1) is 0 Å². The minimum atomic E-state index is -1.19.